The van der Waals surface area contributed by atoms with Gasteiger partial charge in [-0.15, -0.1) is 6.58 Å². The number of hydrogen-bond donors (Lipinski definition) is 0. The fourth-order valence-electron chi connectivity index (χ4n) is 0.960. The number of rotatable bonds is 6. The van der Waals surface area contributed by atoms with Gasteiger partial charge in [0.1, 0.15) is 0 Å². The first-order valence-electron chi connectivity index (χ1n) is 3.98. The Labute approximate surface area is 74.6 Å². The van der Waals surface area contributed by atoms with Crippen LogP contribution in [0.1, 0.15) is 26.2 Å². The normalized spacial score (nSPS) is 14.2. The van der Waals surface area contributed by atoms with E-state index < -0.39 is 10.1 Å². The Morgan fingerprint density at radius 1 is 1.58 bits per heavy atom. The van der Waals surface area contributed by atoms with Crippen molar-refractivity contribution in [2.45, 2.75) is 32.3 Å². The summed E-state index contributed by atoms with van der Waals surface area (Å²) in [6.07, 6.45) is 4.75. The summed E-state index contributed by atoms with van der Waals surface area (Å²) in [6, 6.07) is 0. The third-order valence-electron chi connectivity index (χ3n) is 1.35. The quantitative estimate of drug-likeness (QED) is 0.475. The van der Waals surface area contributed by atoms with Gasteiger partial charge in [0.15, 0.2) is 0 Å². The lowest BCUT2D eigenvalue weighted by atomic mass is 10.1. The van der Waals surface area contributed by atoms with Gasteiger partial charge in [0.05, 0.1) is 12.4 Å². The molecule has 1 atom stereocenters. The first kappa shape index (κ1) is 11.6. The van der Waals surface area contributed by atoms with Crippen LogP contribution in [-0.4, -0.2) is 20.8 Å². The second-order valence-electron chi connectivity index (χ2n) is 2.74. The lowest BCUT2D eigenvalue weighted by Gasteiger charge is -2.12. The monoisotopic (exact) mass is 192 g/mol. The van der Waals surface area contributed by atoms with Gasteiger partial charge in [-0.3, -0.25) is 4.18 Å². The molecule has 0 N–H and O–H groups in total. The van der Waals surface area contributed by atoms with E-state index in [9.17, 15) is 8.42 Å². The van der Waals surface area contributed by atoms with Crippen molar-refractivity contribution in [1.29, 1.82) is 0 Å². The highest BCUT2D eigenvalue weighted by atomic mass is 32.2. The molecular weight excluding hydrogens is 176 g/mol. The van der Waals surface area contributed by atoms with Gasteiger partial charge in [-0.2, -0.15) is 8.42 Å². The Morgan fingerprint density at radius 3 is 2.50 bits per heavy atom. The van der Waals surface area contributed by atoms with E-state index in [-0.39, 0.29) is 6.10 Å². The van der Waals surface area contributed by atoms with Crippen LogP contribution in [0, 0.1) is 0 Å². The summed E-state index contributed by atoms with van der Waals surface area (Å²) in [4.78, 5) is 0. The maximum Gasteiger partial charge on any atom is 0.264 e. The lowest BCUT2D eigenvalue weighted by molar-refractivity contribution is 0.203. The largest absolute Gasteiger partial charge is 0.267 e. The molecule has 0 saturated heterocycles. The number of hydrogen-bond acceptors (Lipinski definition) is 3. The molecule has 0 aliphatic carbocycles. The molecule has 0 aliphatic heterocycles. The summed E-state index contributed by atoms with van der Waals surface area (Å²) in [7, 11) is -3.32. The van der Waals surface area contributed by atoms with Crippen molar-refractivity contribution in [2.75, 3.05) is 6.26 Å². The topological polar surface area (TPSA) is 43.4 Å². The van der Waals surface area contributed by atoms with E-state index in [1.165, 1.54) is 0 Å². The molecule has 0 aromatic rings. The molecule has 12 heavy (non-hydrogen) atoms. The van der Waals surface area contributed by atoms with Gasteiger partial charge in [0.2, 0.25) is 0 Å². The van der Waals surface area contributed by atoms with Crippen LogP contribution in [0.3, 0.4) is 0 Å². The summed E-state index contributed by atoms with van der Waals surface area (Å²) in [6.45, 7) is 5.53. The van der Waals surface area contributed by atoms with Gasteiger partial charge >= 0.3 is 0 Å². The highest BCUT2D eigenvalue weighted by Gasteiger charge is 2.12. The molecular formula is C8H16O3S. The average molecular weight is 192 g/mol. The molecule has 0 heterocycles. The molecule has 72 valence electrons. The zero-order valence-electron chi connectivity index (χ0n) is 7.62. The maximum atomic E-state index is 10.7. The van der Waals surface area contributed by atoms with Crippen molar-refractivity contribution >= 4 is 10.1 Å². The van der Waals surface area contributed by atoms with Crippen LogP contribution >= 0.6 is 0 Å². The first-order valence-corrected chi connectivity index (χ1v) is 5.80. The van der Waals surface area contributed by atoms with Crippen LogP contribution in [-0.2, 0) is 14.3 Å². The minimum Gasteiger partial charge on any atom is -0.267 e. The van der Waals surface area contributed by atoms with Gasteiger partial charge in [-0.25, -0.2) is 0 Å². The molecule has 0 amide bonds. The second kappa shape index (κ2) is 5.32. The van der Waals surface area contributed by atoms with Crippen LogP contribution in [0.25, 0.3) is 0 Å². The smallest absolute Gasteiger partial charge is 0.264 e. The average Bonchev–Trinajstić information content (AvgIpc) is 1.84. The lowest BCUT2D eigenvalue weighted by Crippen LogP contribution is -2.16. The standard InChI is InChI=1S/C8H16O3S/c1-4-6-8(7-5-2)11-12(3,9)10/h4,8H,1,5-7H2,2-3H3. The molecule has 0 bridgehead atoms. The molecule has 4 heteroatoms. The Balaban J connectivity index is 4.03. The minimum absolute atomic E-state index is 0.234. The van der Waals surface area contributed by atoms with E-state index >= 15 is 0 Å². The fraction of sp³-hybridized carbons (Fsp3) is 0.750. The van der Waals surface area contributed by atoms with Crippen LogP contribution in [0.2, 0.25) is 0 Å². The highest BCUT2D eigenvalue weighted by molar-refractivity contribution is 7.86. The zero-order valence-corrected chi connectivity index (χ0v) is 8.43. The summed E-state index contributed by atoms with van der Waals surface area (Å²) in [5, 5.41) is 0. The third kappa shape index (κ3) is 6.37. The molecule has 3 nitrogen and oxygen atoms in total. The van der Waals surface area contributed by atoms with E-state index in [2.05, 4.69) is 6.58 Å². The Morgan fingerprint density at radius 2 is 2.17 bits per heavy atom. The summed E-state index contributed by atoms with van der Waals surface area (Å²) < 4.78 is 26.3. The van der Waals surface area contributed by atoms with E-state index in [0.29, 0.717) is 6.42 Å². The molecule has 0 aromatic heterocycles. The van der Waals surface area contributed by atoms with Crippen molar-refractivity contribution in [3.63, 3.8) is 0 Å². The molecule has 0 saturated carbocycles. The van der Waals surface area contributed by atoms with Gasteiger partial charge < -0.3 is 0 Å². The summed E-state index contributed by atoms with van der Waals surface area (Å²) in [5.74, 6) is 0. The summed E-state index contributed by atoms with van der Waals surface area (Å²) >= 11 is 0. The second-order valence-corrected chi connectivity index (χ2v) is 4.34. The predicted octanol–water partition coefficient (Wildman–Crippen LogP) is 1.71. The van der Waals surface area contributed by atoms with Crippen LogP contribution in [0.5, 0.6) is 0 Å². The molecule has 0 fully saturated rings. The molecule has 1 unspecified atom stereocenters. The van der Waals surface area contributed by atoms with Gasteiger partial charge in [-0.05, 0) is 12.8 Å². The van der Waals surface area contributed by atoms with Crippen molar-refractivity contribution in [3.8, 4) is 0 Å². The molecule has 0 spiro atoms. The first-order chi connectivity index (χ1) is 5.49. The SMILES string of the molecule is C=CCC(CCC)OS(C)(=O)=O. The van der Waals surface area contributed by atoms with E-state index in [1.54, 1.807) is 6.08 Å². The van der Waals surface area contributed by atoms with Gasteiger partial charge in [-0.1, -0.05) is 19.4 Å². The Hall–Kier alpha value is -0.350. The zero-order chi connectivity index (χ0) is 9.61. The minimum atomic E-state index is -3.32. The van der Waals surface area contributed by atoms with E-state index in [1.807, 2.05) is 6.92 Å². The molecule has 0 aliphatic rings. The maximum absolute atomic E-state index is 10.7. The predicted molar refractivity (Wildman–Crippen MR) is 49.4 cm³/mol. The van der Waals surface area contributed by atoms with E-state index in [0.717, 1.165) is 19.1 Å². The van der Waals surface area contributed by atoms with Crippen molar-refractivity contribution in [1.82, 2.24) is 0 Å². The molecule has 0 radical (unpaired) electrons. The van der Waals surface area contributed by atoms with Crippen molar-refractivity contribution < 1.29 is 12.6 Å². The summed E-state index contributed by atoms with van der Waals surface area (Å²) in [5.41, 5.74) is 0. The van der Waals surface area contributed by atoms with Crippen LogP contribution in [0.15, 0.2) is 12.7 Å². The van der Waals surface area contributed by atoms with Gasteiger partial charge in [0.25, 0.3) is 10.1 Å². The molecule has 0 rings (SSSR count). The van der Waals surface area contributed by atoms with Crippen LogP contribution < -0.4 is 0 Å². The highest BCUT2D eigenvalue weighted by Crippen LogP contribution is 2.09. The van der Waals surface area contributed by atoms with Gasteiger partial charge in [0, 0.05) is 0 Å². The Kier molecular flexibility index (Phi) is 5.17. The third-order valence-corrected chi connectivity index (χ3v) is 1.97. The van der Waals surface area contributed by atoms with Crippen molar-refractivity contribution in [3.05, 3.63) is 12.7 Å². The van der Waals surface area contributed by atoms with Crippen LogP contribution in [0.4, 0.5) is 0 Å². The van der Waals surface area contributed by atoms with E-state index in [4.69, 9.17) is 4.18 Å². The van der Waals surface area contributed by atoms with Crippen molar-refractivity contribution in [2.24, 2.45) is 0 Å². The molecule has 0 aromatic carbocycles. The Bertz CT molecular complexity index is 218. The fourth-order valence-corrected chi connectivity index (χ4v) is 1.63.